The summed E-state index contributed by atoms with van der Waals surface area (Å²) >= 11 is 0. The molecule has 1 saturated heterocycles. The number of rotatable bonds is 2. The first-order valence-electron chi connectivity index (χ1n) is 5.05. The second kappa shape index (κ2) is 4.09. The molecule has 0 unspecified atom stereocenters. The zero-order chi connectivity index (χ0) is 9.90. The zero-order valence-corrected chi connectivity index (χ0v) is 8.89. The van der Waals surface area contributed by atoms with Gasteiger partial charge in [-0.3, -0.25) is 4.79 Å². The molecule has 76 valence electrons. The van der Waals surface area contributed by atoms with Crippen molar-refractivity contribution >= 4 is 5.91 Å². The van der Waals surface area contributed by atoms with Crippen molar-refractivity contribution in [1.82, 2.24) is 10.2 Å². The van der Waals surface area contributed by atoms with Crippen LogP contribution in [-0.4, -0.2) is 38.0 Å². The van der Waals surface area contributed by atoms with Gasteiger partial charge >= 0.3 is 0 Å². The standard InChI is InChI=1S/C10H20N2O/c1-4-10(9(13)12(2)3)5-7-11-8-6-10/h11H,4-8H2,1-3H3. The van der Waals surface area contributed by atoms with Crippen LogP contribution >= 0.6 is 0 Å². The van der Waals surface area contributed by atoms with Crippen LogP contribution in [0, 0.1) is 5.41 Å². The molecule has 13 heavy (non-hydrogen) atoms. The molecule has 0 saturated carbocycles. The molecule has 1 aliphatic heterocycles. The Balaban J connectivity index is 2.72. The highest BCUT2D eigenvalue weighted by molar-refractivity contribution is 5.82. The fourth-order valence-corrected chi connectivity index (χ4v) is 2.10. The number of piperidine rings is 1. The van der Waals surface area contributed by atoms with Gasteiger partial charge in [-0.05, 0) is 32.4 Å². The Labute approximate surface area is 80.5 Å². The van der Waals surface area contributed by atoms with Crippen LogP contribution in [0.5, 0.6) is 0 Å². The van der Waals surface area contributed by atoms with E-state index in [1.807, 2.05) is 14.1 Å². The normalized spacial score (nSPS) is 21.2. The summed E-state index contributed by atoms with van der Waals surface area (Å²) in [6.07, 6.45) is 2.94. The number of carbonyl (C=O) groups is 1. The Morgan fingerprint density at radius 1 is 1.38 bits per heavy atom. The van der Waals surface area contributed by atoms with Gasteiger partial charge in [0.05, 0.1) is 5.41 Å². The molecule has 0 spiro atoms. The predicted octanol–water partition coefficient (Wildman–Crippen LogP) is 0.854. The van der Waals surface area contributed by atoms with Crippen molar-refractivity contribution in [1.29, 1.82) is 0 Å². The molecule has 0 aromatic rings. The zero-order valence-electron chi connectivity index (χ0n) is 8.89. The fourth-order valence-electron chi connectivity index (χ4n) is 2.10. The SMILES string of the molecule is CCC1(C(=O)N(C)C)CCNCC1. The summed E-state index contributed by atoms with van der Waals surface area (Å²) in [6, 6.07) is 0. The summed E-state index contributed by atoms with van der Waals surface area (Å²) in [4.78, 5) is 13.7. The molecule has 0 aromatic carbocycles. The van der Waals surface area contributed by atoms with Crippen LogP contribution < -0.4 is 5.32 Å². The van der Waals surface area contributed by atoms with Gasteiger partial charge in [-0.1, -0.05) is 6.92 Å². The highest BCUT2D eigenvalue weighted by atomic mass is 16.2. The molecule has 1 amide bonds. The van der Waals surface area contributed by atoms with E-state index in [4.69, 9.17) is 0 Å². The summed E-state index contributed by atoms with van der Waals surface area (Å²) in [5, 5.41) is 3.30. The van der Waals surface area contributed by atoms with Crippen LogP contribution in [-0.2, 0) is 4.79 Å². The summed E-state index contributed by atoms with van der Waals surface area (Å²) in [5.74, 6) is 0.302. The van der Waals surface area contributed by atoms with E-state index in [-0.39, 0.29) is 5.41 Å². The third kappa shape index (κ3) is 2.02. The maximum absolute atomic E-state index is 11.9. The van der Waals surface area contributed by atoms with E-state index < -0.39 is 0 Å². The van der Waals surface area contributed by atoms with Crippen molar-refractivity contribution in [2.24, 2.45) is 5.41 Å². The molecule has 1 fully saturated rings. The molecule has 3 nitrogen and oxygen atoms in total. The summed E-state index contributed by atoms with van der Waals surface area (Å²) in [5.41, 5.74) is -0.0747. The van der Waals surface area contributed by atoms with Crippen molar-refractivity contribution in [3.05, 3.63) is 0 Å². The van der Waals surface area contributed by atoms with Gasteiger partial charge < -0.3 is 10.2 Å². The third-order valence-electron chi connectivity index (χ3n) is 3.10. The Kier molecular flexibility index (Phi) is 3.31. The molecule has 0 aliphatic carbocycles. The van der Waals surface area contributed by atoms with E-state index in [1.54, 1.807) is 4.90 Å². The first kappa shape index (κ1) is 10.5. The Bertz CT molecular complexity index is 183. The molecule has 1 N–H and O–H groups in total. The lowest BCUT2D eigenvalue weighted by Crippen LogP contribution is -2.46. The van der Waals surface area contributed by atoms with E-state index in [9.17, 15) is 4.79 Å². The first-order chi connectivity index (χ1) is 6.12. The van der Waals surface area contributed by atoms with E-state index in [2.05, 4.69) is 12.2 Å². The van der Waals surface area contributed by atoms with Crippen molar-refractivity contribution < 1.29 is 4.79 Å². The van der Waals surface area contributed by atoms with E-state index >= 15 is 0 Å². The van der Waals surface area contributed by atoms with Crippen LogP contribution in [0.15, 0.2) is 0 Å². The maximum Gasteiger partial charge on any atom is 0.228 e. The molecular weight excluding hydrogens is 164 g/mol. The number of hydrogen-bond donors (Lipinski definition) is 1. The van der Waals surface area contributed by atoms with Crippen molar-refractivity contribution in [2.45, 2.75) is 26.2 Å². The maximum atomic E-state index is 11.9. The molecule has 1 aliphatic rings. The van der Waals surface area contributed by atoms with Gasteiger partial charge in [-0.25, -0.2) is 0 Å². The van der Waals surface area contributed by atoms with Gasteiger partial charge in [0, 0.05) is 14.1 Å². The van der Waals surface area contributed by atoms with Crippen molar-refractivity contribution in [2.75, 3.05) is 27.2 Å². The second-order valence-corrected chi connectivity index (χ2v) is 4.08. The molecule has 0 atom stereocenters. The largest absolute Gasteiger partial charge is 0.348 e. The summed E-state index contributed by atoms with van der Waals surface area (Å²) < 4.78 is 0. The average molecular weight is 184 g/mol. The van der Waals surface area contributed by atoms with Crippen LogP contribution in [0.1, 0.15) is 26.2 Å². The average Bonchev–Trinajstić information content (AvgIpc) is 2.17. The van der Waals surface area contributed by atoms with Gasteiger partial charge in [0.25, 0.3) is 0 Å². The van der Waals surface area contributed by atoms with Gasteiger partial charge in [-0.2, -0.15) is 0 Å². The number of amides is 1. The van der Waals surface area contributed by atoms with Crippen molar-refractivity contribution in [3.8, 4) is 0 Å². The molecular formula is C10H20N2O. The van der Waals surface area contributed by atoms with Gasteiger partial charge in [0.2, 0.25) is 5.91 Å². The Morgan fingerprint density at radius 3 is 2.31 bits per heavy atom. The number of nitrogens with one attached hydrogen (secondary N) is 1. The molecule has 0 radical (unpaired) electrons. The highest BCUT2D eigenvalue weighted by Crippen LogP contribution is 2.33. The lowest BCUT2D eigenvalue weighted by atomic mass is 9.75. The molecule has 3 heteroatoms. The van der Waals surface area contributed by atoms with Crippen LogP contribution in [0.2, 0.25) is 0 Å². The minimum absolute atomic E-state index is 0.0747. The smallest absolute Gasteiger partial charge is 0.228 e. The van der Waals surface area contributed by atoms with Gasteiger partial charge in [0.15, 0.2) is 0 Å². The molecule has 1 rings (SSSR count). The summed E-state index contributed by atoms with van der Waals surface area (Å²) in [7, 11) is 3.70. The van der Waals surface area contributed by atoms with E-state index in [0.717, 1.165) is 32.4 Å². The van der Waals surface area contributed by atoms with Gasteiger partial charge in [0.1, 0.15) is 0 Å². The first-order valence-corrected chi connectivity index (χ1v) is 5.05. The second-order valence-electron chi connectivity index (χ2n) is 4.08. The fraction of sp³-hybridized carbons (Fsp3) is 0.900. The lowest BCUT2D eigenvalue weighted by Gasteiger charge is -2.37. The minimum atomic E-state index is -0.0747. The van der Waals surface area contributed by atoms with Crippen LogP contribution in [0.25, 0.3) is 0 Å². The minimum Gasteiger partial charge on any atom is -0.348 e. The van der Waals surface area contributed by atoms with Gasteiger partial charge in [-0.15, -0.1) is 0 Å². The Morgan fingerprint density at radius 2 is 1.92 bits per heavy atom. The topological polar surface area (TPSA) is 32.3 Å². The Hall–Kier alpha value is -0.570. The molecule has 0 bridgehead atoms. The molecule has 0 aromatic heterocycles. The highest BCUT2D eigenvalue weighted by Gasteiger charge is 2.38. The van der Waals surface area contributed by atoms with Crippen molar-refractivity contribution in [3.63, 3.8) is 0 Å². The van der Waals surface area contributed by atoms with E-state index in [0.29, 0.717) is 5.91 Å². The summed E-state index contributed by atoms with van der Waals surface area (Å²) in [6.45, 7) is 4.08. The van der Waals surface area contributed by atoms with E-state index in [1.165, 1.54) is 0 Å². The number of carbonyl (C=O) groups excluding carboxylic acids is 1. The lowest BCUT2D eigenvalue weighted by molar-refractivity contribution is -0.141. The third-order valence-corrected chi connectivity index (χ3v) is 3.10. The van der Waals surface area contributed by atoms with Crippen LogP contribution in [0.4, 0.5) is 0 Å². The number of hydrogen-bond acceptors (Lipinski definition) is 2. The quantitative estimate of drug-likeness (QED) is 0.690. The number of nitrogens with zero attached hydrogens (tertiary/aromatic N) is 1. The van der Waals surface area contributed by atoms with Crippen LogP contribution in [0.3, 0.4) is 0 Å². The monoisotopic (exact) mass is 184 g/mol. The predicted molar refractivity (Wildman–Crippen MR) is 53.5 cm³/mol. The molecule has 1 heterocycles.